The van der Waals surface area contributed by atoms with Crippen LogP contribution in [0.15, 0.2) is 332 Å². The van der Waals surface area contributed by atoms with Crippen molar-refractivity contribution in [3.63, 3.8) is 0 Å². The Morgan fingerprint density at radius 2 is 0.632 bits per heavy atom. The number of fused-ring (bicyclic) bond motifs is 13. The third-order valence-corrected chi connectivity index (χ3v) is 19.4. The van der Waals surface area contributed by atoms with Crippen LogP contribution in [0.5, 0.6) is 0 Å². The van der Waals surface area contributed by atoms with Crippen molar-refractivity contribution in [2.24, 2.45) is 0 Å². The Bertz CT molecular complexity index is 5360. The van der Waals surface area contributed by atoms with E-state index in [0.29, 0.717) is 0 Å². The molecular weight excluding hydrogens is 1050 g/mol. The standard InChI is InChI=1S/C86H54O/c1-5-27-61(28-6-1)85(62-29-7-2-8-30-62)76-41-20-17-36-66(76)68-47-45-59(53-78(68)85)81-70-38-15-16-39-71(70)82(60-46-48-69-67-37-18-21-42-77(67)86(79(69)54-60,63-31-9-3-10-32-63)64-33-11-4-12-34-64)75-51-56(44-49-72(75)81)55-25-23-26-57(50-55)74-52-58-24-13-14-35-65(58)83-73-40-19-22-43-80(73)87-84(74)83/h1-54H. The van der Waals surface area contributed by atoms with E-state index in [-0.39, 0.29) is 0 Å². The molecule has 1 heterocycles. The molecule has 16 aromatic rings. The SMILES string of the molecule is c1ccc(C2(c3ccccc3)c3ccccc3-c3ccc(-c4c5ccccc5c(-c5ccc6c(c5)C(c5ccccc5)(c5ccccc5)c5ccccc5-6)c5cc(-c6cccc(-c7cc8ccccc8c8c7oc7ccccc78)c6)ccc45)cc32)cc1. The molecule has 0 saturated carbocycles. The first-order valence-corrected chi connectivity index (χ1v) is 30.3. The van der Waals surface area contributed by atoms with Crippen molar-refractivity contribution in [1.82, 2.24) is 0 Å². The van der Waals surface area contributed by atoms with E-state index in [1.165, 1.54) is 121 Å². The van der Waals surface area contributed by atoms with Crippen LogP contribution in [0.2, 0.25) is 0 Å². The van der Waals surface area contributed by atoms with Gasteiger partial charge in [0.15, 0.2) is 0 Å². The van der Waals surface area contributed by atoms with Crippen molar-refractivity contribution >= 4 is 54.3 Å². The fourth-order valence-electron chi connectivity index (χ4n) is 15.8. The lowest BCUT2D eigenvalue weighted by molar-refractivity contribution is 0.670. The van der Waals surface area contributed by atoms with E-state index in [1.807, 2.05) is 0 Å². The number of furan rings is 1. The molecule has 1 aromatic heterocycles. The quantitative estimate of drug-likeness (QED) is 0.138. The van der Waals surface area contributed by atoms with E-state index < -0.39 is 10.8 Å². The summed E-state index contributed by atoms with van der Waals surface area (Å²) >= 11 is 0. The highest BCUT2D eigenvalue weighted by Gasteiger charge is 2.48. The number of rotatable bonds is 8. The zero-order chi connectivity index (χ0) is 57.2. The molecule has 1 heteroatoms. The second-order valence-electron chi connectivity index (χ2n) is 23.7. The van der Waals surface area contributed by atoms with E-state index in [2.05, 4.69) is 328 Å². The van der Waals surface area contributed by atoms with Gasteiger partial charge in [0.2, 0.25) is 0 Å². The Hall–Kier alpha value is -11.1. The molecule has 87 heavy (non-hydrogen) atoms. The molecule has 0 N–H and O–H groups in total. The Balaban J connectivity index is 0.915. The number of hydrogen-bond acceptors (Lipinski definition) is 1. The zero-order valence-corrected chi connectivity index (χ0v) is 47.6. The third kappa shape index (κ3) is 7.09. The molecule has 404 valence electrons. The molecule has 1 nitrogen and oxygen atoms in total. The Kier molecular flexibility index (Phi) is 10.9. The second kappa shape index (κ2) is 19.2. The minimum Gasteiger partial charge on any atom is -0.455 e. The topological polar surface area (TPSA) is 13.1 Å². The molecule has 0 saturated heterocycles. The molecule has 0 fully saturated rings. The van der Waals surface area contributed by atoms with Crippen molar-refractivity contribution in [2.75, 3.05) is 0 Å². The molecule has 15 aromatic carbocycles. The average molecular weight is 1100 g/mol. The molecule has 0 aliphatic heterocycles. The summed E-state index contributed by atoms with van der Waals surface area (Å²) in [5.41, 5.74) is 25.2. The zero-order valence-electron chi connectivity index (χ0n) is 47.6. The molecule has 2 aliphatic carbocycles. The summed E-state index contributed by atoms with van der Waals surface area (Å²) in [5.74, 6) is 0. The van der Waals surface area contributed by atoms with Crippen LogP contribution in [0.4, 0.5) is 0 Å². The highest BCUT2D eigenvalue weighted by molar-refractivity contribution is 6.24. The smallest absolute Gasteiger partial charge is 0.143 e. The van der Waals surface area contributed by atoms with Crippen LogP contribution in [-0.2, 0) is 10.8 Å². The van der Waals surface area contributed by atoms with E-state index in [0.717, 1.165) is 44.2 Å². The van der Waals surface area contributed by atoms with Crippen molar-refractivity contribution in [2.45, 2.75) is 10.8 Å². The lowest BCUT2D eigenvalue weighted by Gasteiger charge is -2.34. The second-order valence-corrected chi connectivity index (χ2v) is 23.7. The largest absolute Gasteiger partial charge is 0.455 e. The van der Waals surface area contributed by atoms with Crippen LogP contribution in [0.1, 0.15) is 44.5 Å². The van der Waals surface area contributed by atoms with Gasteiger partial charge in [-0.15, -0.1) is 0 Å². The fraction of sp³-hybridized carbons (Fsp3) is 0.0233. The van der Waals surface area contributed by atoms with Gasteiger partial charge in [-0.1, -0.05) is 291 Å². The van der Waals surface area contributed by atoms with Gasteiger partial charge in [-0.3, -0.25) is 0 Å². The van der Waals surface area contributed by atoms with E-state index >= 15 is 0 Å². The summed E-state index contributed by atoms with van der Waals surface area (Å²) in [5, 5.41) is 9.47. The van der Waals surface area contributed by atoms with Crippen molar-refractivity contribution in [3.8, 4) is 66.8 Å². The van der Waals surface area contributed by atoms with Crippen LogP contribution in [0.25, 0.3) is 121 Å². The summed E-state index contributed by atoms with van der Waals surface area (Å²) in [4.78, 5) is 0. The van der Waals surface area contributed by atoms with Crippen LogP contribution in [0.3, 0.4) is 0 Å². The van der Waals surface area contributed by atoms with Gasteiger partial charge in [0, 0.05) is 16.3 Å². The monoisotopic (exact) mass is 1100 g/mol. The van der Waals surface area contributed by atoms with Crippen LogP contribution >= 0.6 is 0 Å². The summed E-state index contributed by atoms with van der Waals surface area (Å²) in [6.45, 7) is 0. The number of para-hydroxylation sites is 1. The molecule has 18 rings (SSSR count). The molecule has 0 amide bonds. The van der Waals surface area contributed by atoms with Gasteiger partial charge in [-0.05, 0) is 174 Å². The predicted octanol–water partition coefficient (Wildman–Crippen LogP) is 22.4. The van der Waals surface area contributed by atoms with Crippen molar-refractivity contribution < 1.29 is 4.42 Å². The van der Waals surface area contributed by atoms with E-state index in [1.54, 1.807) is 0 Å². The number of hydrogen-bond donors (Lipinski definition) is 0. The van der Waals surface area contributed by atoms with Crippen molar-refractivity contribution in [3.05, 3.63) is 372 Å². The van der Waals surface area contributed by atoms with Crippen LogP contribution < -0.4 is 0 Å². The van der Waals surface area contributed by atoms with Gasteiger partial charge in [0.25, 0.3) is 0 Å². The van der Waals surface area contributed by atoms with Gasteiger partial charge < -0.3 is 4.42 Å². The summed E-state index contributed by atoms with van der Waals surface area (Å²) in [7, 11) is 0. The highest BCUT2D eigenvalue weighted by Crippen LogP contribution is 2.60. The lowest BCUT2D eigenvalue weighted by atomic mass is 9.67. The maximum atomic E-state index is 6.84. The number of benzene rings is 15. The highest BCUT2D eigenvalue weighted by atomic mass is 16.3. The molecule has 0 radical (unpaired) electrons. The molecule has 0 spiro atoms. The maximum absolute atomic E-state index is 6.84. The van der Waals surface area contributed by atoms with Gasteiger partial charge in [0.05, 0.1) is 10.8 Å². The molecule has 2 aliphatic rings. The average Bonchev–Trinajstić information content (AvgIpc) is 1.83. The Labute approximate surface area is 505 Å². The minimum absolute atomic E-state index is 0.556. The summed E-state index contributed by atoms with van der Waals surface area (Å²) in [6, 6.07) is 123. The maximum Gasteiger partial charge on any atom is 0.143 e. The first-order valence-electron chi connectivity index (χ1n) is 30.3. The van der Waals surface area contributed by atoms with Crippen LogP contribution in [-0.4, -0.2) is 0 Å². The predicted molar refractivity (Wildman–Crippen MR) is 363 cm³/mol. The Morgan fingerprint density at radius 3 is 1.20 bits per heavy atom. The van der Waals surface area contributed by atoms with Crippen LogP contribution in [0, 0.1) is 0 Å². The molecular formula is C86H54O. The van der Waals surface area contributed by atoms with E-state index in [9.17, 15) is 0 Å². The van der Waals surface area contributed by atoms with Gasteiger partial charge in [-0.25, -0.2) is 0 Å². The first kappa shape index (κ1) is 49.3. The van der Waals surface area contributed by atoms with Crippen molar-refractivity contribution in [1.29, 1.82) is 0 Å². The normalized spacial score (nSPS) is 13.5. The molecule has 0 atom stereocenters. The first-order chi connectivity index (χ1) is 43.2. The molecule has 0 unspecified atom stereocenters. The summed E-state index contributed by atoms with van der Waals surface area (Å²) < 4.78 is 6.84. The van der Waals surface area contributed by atoms with Gasteiger partial charge in [0.1, 0.15) is 11.2 Å². The lowest BCUT2D eigenvalue weighted by Crippen LogP contribution is -2.28. The minimum atomic E-state index is -0.568. The Morgan fingerprint density at radius 1 is 0.218 bits per heavy atom. The van der Waals surface area contributed by atoms with Gasteiger partial charge >= 0.3 is 0 Å². The molecule has 0 bridgehead atoms. The van der Waals surface area contributed by atoms with E-state index in [4.69, 9.17) is 4.42 Å². The van der Waals surface area contributed by atoms with Gasteiger partial charge in [-0.2, -0.15) is 0 Å². The summed E-state index contributed by atoms with van der Waals surface area (Å²) in [6.07, 6.45) is 0. The third-order valence-electron chi connectivity index (χ3n) is 19.4. The fourth-order valence-corrected chi connectivity index (χ4v) is 15.8.